The van der Waals surface area contributed by atoms with Crippen molar-refractivity contribution in [1.82, 2.24) is 0 Å². The van der Waals surface area contributed by atoms with Crippen molar-refractivity contribution in [2.75, 3.05) is 18.1 Å². The molecule has 0 bridgehead atoms. The molecule has 5 aromatic rings. The Hall–Kier alpha value is -5.28. The molecule has 3 heteroatoms. The Balaban J connectivity index is 1.29. The van der Waals surface area contributed by atoms with E-state index >= 15 is 0 Å². The van der Waals surface area contributed by atoms with E-state index in [0.29, 0.717) is 13.2 Å². The van der Waals surface area contributed by atoms with Gasteiger partial charge in [-0.2, -0.15) is 0 Å². The van der Waals surface area contributed by atoms with Gasteiger partial charge >= 0.3 is 0 Å². The Kier molecular flexibility index (Phi) is 7.61. The molecular formula is C40H33NO2. The lowest BCUT2D eigenvalue weighted by atomic mass is 9.95. The minimum atomic E-state index is 0.676. The van der Waals surface area contributed by atoms with Crippen LogP contribution in [-0.4, -0.2) is 13.2 Å². The molecule has 0 fully saturated rings. The number of hydrogen-bond acceptors (Lipinski definition) is 3. The van der Waals surface area contributed by atoms with E-state index in [1.54, 1.807) is 0 Å². The third-order valence-electron chi connectivity index (χ3n) is 7.99. The van der Waals surface area contributed by atoms with Crippen LogP contribution in [0.1, 0.15) is 40.7 Å². The first-order chi connectivity index (χ1) is 21.3. The summed E-state index contributed by atoms with van der Waals surface area (Å²) in [6.07, 6.45) is 8.54. The lowest BCUT2D eigenvalue weighted by Gasteiger charge is -2.26. The number of benzene rings is 5. The maximum atomic E-state index is 5.97. The summed E-state index contributed by atoms with van der Waals surface area (Å²) in [6, 6.07) is 46.7. The predicted molar refractivity (Wildman–Crippen MR) is 178 cm³/mol. The topological polar surface area (TPSA) is 21.7 Å². The van der Waals surface area contributed by atoms with Crippen molar-refractivity contribution in [2.45, 2.75) is 12.8 Å². The molecule has 0 amide bonds. The zero-order valence-corrected chi connectivity index (χ0v) is 24.0. The molecule has 43 heavy (non-hydrogen) atoms. The molecule has 0 saturated heterocycles. The summed E-state index contributed by atoms with van der Waals surface area (Å²) >= 11 is 0. The molecule has 0 radical (unpaired) electrons. The van der Waals surface area contributed by atoms with Gasteiger partial charge in [0.15, 0.2) is 0 Å². The first kappa shape index (κ1) is 26.6. The first-order valence-electron chi connectivity index (χ1n) is 14.9. The molecule has 2 aliphatic heterocycles. The molecule has 0 unspecified atom stereocenters. The summed E-state index contributed by atoms with van der Waals surface area (Å²) in [5, 5.41) is 0. The van der Waals surface area contributed by atoms with Crippen molar-refractivity contribution in [3.05, 3.63) is 174 Å². The largest absolute Gasteiger partial charge is 0.493 e. The molecule has 0 aromatic heterocycles. The van der Waals surface area contributed by atoms with Crippen molar-refractivity contribution in [2.24, 2.45) is 0 Å². The fourth-order valence-electron chi connectivity index (χ4n) is 5.80. The number of fused-ring (bicyclic) bond motifs is 2. The zero-order chi connectivity index (χ0) is 28.8. The summed E-state index contributed by atoms with van der Waals surface area (Å²) in [6.45, 7) is 1.35. The van der Waals surface area contributed by atoms with E-state index in [-0.39, 0.29) is 0 Å². The number of ether oxygens (including phenoxy) is 2. The van der Waals surface area contributed by atoms with Gasteiger partial charge in [0.1, 0.15) is 11.5 Å². The molecule has 0 atom stereocenters. The lowest BCUT2D eigenvalue weighted by molar-refractivity contribution is 0.316. The molecule has 5 aromatic carbocycles. The van der Waals surface area contributed by atoms with Crippen LogP contribution in [0, 0.1) is 0 Å². The third kappa shape index (κ3) is 5.89. The second-order valence-electron chi connectivity index (χ2n) is 10.8. The Bertz CT molecular complexity index is 1690. The molecule has 0 aliphatic carbocycles. The number of hydrogen-bond donors (Lipinski definition) is 0. The summed E-state index contributed by atoms with van der Waals surface area (Å²) in [7, 11) is 0. The van der Waals surface area contributed by atoms with Crippen molar-refractivity contribution >= 4 is 28.5 Å². The Morgan fingerprint density at radius 2 is 0.977 bits per heavy atom. The maximum absolute atomic E-state index is 5.97. The monoisotopic (exact) mass is 559 g/mol. The molecule has 0 spiro atoms. The fraction of sp³-hybridized carbons (Fsp3) is 0.100. The SMILES string of the molecule is C(=C(c1ccccc1)c1ccccc1)c1ccc(N(C=C2CCOc3ccccc32)C=C2CCOc3ccccc32)cc1. The molecule has 0 N–H and O–H groups in total. The maximum Gasteiger partial charge on any atom is 0.126 e. The van der Waals surface area contributed by atoms with Crippen molar-refractivity contribution < 1.29 is 9.47 Å². The Morgan fingerprint density at radius 1 is 0.512 bits per heavy atom. The van der Waals surface area contributed by atoms with Crippen LogP contribution in [-0.2, 0) is 0 Å². The zero-order valence-electron chi connectivity index (χ0n) is 24.0. The Morgan fingerprint density at radius 3 is 1.49 bits per heavy atom. The van der Waals surface area contributed by atoms with Crippen LogP contribution in [0.2, 0.25) is 0 Å². The van der Waals surface area contributed by atoms with E-state index in [1.165, 1.54) is 27.8 Å². The molecule has 3 nitrogen and oxygen atoms in total. The number of anilines is 1. The van der Waals surface area contributed by atoms with E-state index < -0.39 is 0 Å². The molecule has 2 aliphatic rings. The third-order valence-corrected chi connectivity index (χ3v) is 7.99. The van der Waals surface area contributed by atoms with Crippen LogP contribution >= 0.6 is 0 Å². The van der Waals surface area contributed by atoms with Crippen LogP contribution in [0.15, 0.2) is 146 Å². The van der Waals surface area contributed by atoms with Gasteiger partial charge in [-0.05, 0) is 63.8 Å². The fourth-order valence-corrected chi connectivity index (χ4v) is 5.80. The standard InChI is InChI=1S/C40H33NO2/c1-3-11-31(12-4-1)38(32-13-5-2-6-14-32)27-30-19-21-35(22-20-30)41(28-33-23-25-42-39-17-9-7-15-36(33)39)29-34-24-26-43-40-18-10-8-16-37(34)40/h1-22,27-29H,23-26H2. The highest BCUT2D eigenvalue weighted by atomic mass is 16.5. The number of nitrogens with zero attached hydrogens (tertiary/aromatic N) is 1. The summed E-state index contributed by atoms with van der Waals surface area (Å²) in [5.41, 5.74) is 10.7. The van der Waals surface area contributed by atoms with Crippen LogP contribution in [0.5, 0.6) is 11.5 Å². The van der Waals surface area contributed by atoms with Gasteiger partial charge in [0.2, 0.25) is 0 Å². The minimum absolute atomic E-state index is 0.676. The van der Waals surface area contributed by atoms with E-state index in [2.05, 4.69) is 145 Å². The van der Waals surface area contributed by atoms with Gasteiger partial charge in [-0.25, -0.2) is 0 Å². The van der Waals surface area contributed by atoms with Crippen LogP contribution in [0.25, 0.3) is 22.8 Å². The molecular weight excluding hydrogens is 526 g/mol. The average molecular weight is 560 g/mol. The number of rotatable bonds is 6. The molecule has 2 heterocycles. The second-order valence-corrected chi connectivity index (χ2v) is 10.8. The normalized spacial score (nSPS) is 15.5. The quantitative estimate of drug-likeness (QED) is 0.193. The van der Waals surface area contributed by atoms with Crippen LogP contribution in [0.4, 0.5) is 5.69 Å². The van der Waals surface area contributed by atoms with Gasteiger partial charge in [0, 0.05) is 42.1 Å². The smallest absolute Gasteiger partial charge is 0.126 e. The van der Waals surface area contributed by atoms with Gasteiger partial charge in [-0.3, -0.25) is 0 Å². The number of para-hydroxylation sites is 2. The summed E-state index contributed by atoms with van der Waals surface area (Å²) in [4.78, 5) is 2.28. The summed E-state index contributed by atoms with van der Waals surface area (Å²) in [5.74, 6) is 1.89. The highest BCUT2D eigenvalue weighted by Gasteiger charge is 2.19. The highest BCUT2D eigenvalue weighted by molar-refractivity contribution is 5.91. The molecule has 0 saturated carbocycles. The minimum Gasteiger partial charge on any atom is -0.493 e. The van der Waals surface area contributed by atoms with Gasteiger partial charge in [0.25, 0.3) is 0 Å². The van der Waals surface area contributed by atoms with Gasteiger partial charge in [-0.1, -0.05) is 109 Å². The van der Waals surface area contributed by atoms with Crippen molar-refractivity contribution in [3.8, 4) is 11.5 Å². The Labute approximate surface area is 253 Å². The van der Waals surface area contributed by atoms with E-state index in [4.69, 9.17) is 9.47 Å². The van der Waals surface area contributed by atoms with Gasteiger partial charge in [0.05, 0.1) is 13.2 Å². The molecule has 210 valence electrons. The highest BCUT2D eigenvalue weighted by Crippen LogP contribution is 2.37. The average Bonchev–Trinajstić information content (AvgIpc) is 3.08. The van der Waals surface area contributed by atoms with E-state index in [1.807, 2.05) is 12.1 Å². The predicted octanol–water partition coefficient (Wildman–Crippen LogP) is 9.73. The second kappa shape index (κ2) is 12.3. The summed E-state index contributed by atoms with van der Waals surface area (Å²) < 4.78 is 11.9. The first-order valence-corrected chi connectivity index (χ1v) is 14.9. The van der Waals surface area contributed by atoms with Crippen LogP contribution < -0.4 is 14.4 Å². The molecule has 7 rings (SSSR count). The van der Waals surface area contributed by atoms with Gasteiger partial charge < -0.3 is 14.4 Å². The lowest BCUT2D eigenvalue weighted by Crippen LogP contribution is -2.15. The van der Waals surface area contributed by atoms with Crippen LogP contribution in [0.3, 0.4) is 0 Å². The van der Waals surface area contributed by atoms with Crippen molar-refractivity contribution in [3.63, 3.8) is 0 Å². The van der Waals surface area contributed by atoms with E-state index in [0.717, 1.165) is 46.7 Å². The van der Waals surface area contributed by atoms with Crippen molar-refractivity contribution in [1.29, 1.82) is 0 Å². The van der Waals surface area contributed by atoms with E-state index in [9.17, 15) is 0 Å². The van der Waals surface area contributed by atoms with Gasteiger partial charge in [-0.15, -0.1) is 0 Å².